The van der Waals surface area contributed by atoms with Crippen molar-refractivity contribution in [2.45, 2.75) is 32.2 Å². The number of hydrogen-bond acceptors (Lipinski definition) is 3. The van der Waals surface area contributed by atoms with Crippen molar-refractivity contribution in [3.63, 3.8) is 0 Å². The summed E-state index contributed by atoms with van der Waals surface area (Å²) in [6.07, 6.45) is 3.89. The molecule has 0 unspecified atom stereocenters. The second-order valence-electron chi connectivity index (χ2n) is 7.44. The zero-order valence-corrected chi connectivity index (χ0v) is 14.6. The van der Waals surface area contributed by atoms with E-state index in [-0.39, 0.29) is 23.7 Å². The van der Waals surface area contributed by atoms with Gasteiger partial charge in [0, 0.05) is 6.54 Å². The Morgan fingerprint density at radius 3 is 2.28 bits per heavy atom. The van der Waals surface area contributed by atoms with Crippen LogP contribution in [0.3, 0.4) is 0 Å². The van der Waals surface area contributed by atoms with Gasteiger partial charge < -0.3 is 0 Å². The van der Waals surface area contributed by atoms with Gasteiger partial charge in [-0.3, -0.25) is 19.4 Å². The summed E-state index contributed by atoms with van der Waals surface area (Å²) >= 11 is 0. The monoisotopic (exact) mass is 336 g/mol. The minimum Gasteiger partial charge on any atom is -0.284 e. The molecule has 2 aromatic rings. The van der Waals surface area contributed by atoms with Gasteiger partial charge in [-0.2, -0.15) is 0 Å². The highest BCUT2D eigenvalue weighted by molar-refractivity contribution is 6.05. The number of nitrogens with zero attached hydrogens (tertiary/aromatic N) is 2. The van der Waals surface area contributed by atoms with Crippen molar-refractivity contribution >= 4 is 22.6 Å². The Hall–Kier alpha value is -2.20. The van der Waals surface area contributed by atoms with Gasteiger partial charge in [0.1, 0.15) is 0 Å². The van der Waals surface area contributed by atoms with Crippen molar-refractivity contribution in [1.82, 2.24) is 9.80 Å². The number of rotatable bonds is 4. The average Bonchev–Trinajstić information content (AvgIpc) is 2.87. The average molecular weight is 336 g/mol. The van der Waals surface area contributed by atoms with E-state index in [0.717, 1.165) is 32.2 Å². The minimum atomic E-state index is -0.0599. The van der Waals surface area contributed by atoms with E-state index in [1.807, 2.05) is 19.2 Å². The molecule has 0 radical (unpaired) electrons. The van der Waals surface area contributed by atoms with Crippen LogP contribution in [0.5, 0.6) is 0 Å². The summed E-state index contributed by atoms with van der Waals surface area (Å²) in [4.78, 5) is 28.7. The van der Waals surface area contributed by atoms with Gasteiger partial charge in [-0.1, -0.05) is 49.2 Å². The van der Waals surface area contributed by atoms with Crippen LogP contribution in [0.2, 0.25) is 0 Å². The molecule has 1 aliphatic heterocycles. The predicted molar refractivity (Wildman–Crippen MR) is 97.6 cm³/mol. The highest BCUT2D eigenvalue weighted by Crippen LogP contribution is 2.38. The number of likely N-dealkylation sites (tertiary alicyclic amines) is 1. The normalized spacial score (nSPS) is 23.5. The smallest absolute Gasteiger partial charge is 0.234 e. The highest BCUT2D eigenvalue weighted by Gasteiger charge is 2.48. The van der Waals surface area contributed by atoms with Crippen LogP contribution in [0.1, 0.15) is 31.2 Å². The number of imide groups is 1. The molecule has 4 nitrogen and oxygen atoms in total. The van der Waals surface area contributed by atoms with Crippen molar-refractivity contribution in [3.8, 4) is 0 Å². The quantitative estimate of drug-likeness (QED) is 0.804. The first-order valence-electron chi connectivity index (χ1n) is 9.15. The van der Waals surface area contributed by atoms with E-state index >= 15 is 0 Å². The Morgan fingerprint density at radius 1 is 0.960 bits per heavy atom. The molecule has 1 saturated heterocycles. The van der Waals surface area contributed by atoms with E-state index in [0.29, 0.717) is 6.67 Å². The fraction of sp³-hybridized carbons (Fsp3) is 0.429. The van der Waals surface area contributed by atoms with Gasteiger partial charge in [0.05, 0.1) is 18.5 Å². The van der Waals surface area contributed by atoms with E-state index in [2.05, 4.69) is 35.2 Å². The standard InChI is InChI=1S/C21H24N2O2/c1-22(13-15-10-11-16-6-2-3-7-17(16)12-15)14-23-20(24)18-8-4-5-9-19(18)21(23)25/h2-3,6-7,10-12,18-19H,4-5,8-9,13-14H2,1H3/t18-,19-/m1/s1. The lowest BCUT2D eigenvalue weighted by atomic mass is 9.81. The predicted octanol–water partition coefficient (Wildman–Crippen LogP) is 3.40. The molecule has 1 aliphatic carbocycles. The molecule has 130 valence electrons. The molecule has 2 atom stereocenters. The fourth-order valence-electron chi connectivity index (χ4n) is 4.31. The topological polar surface area (TPSA) is 40.6 Å². The largest absolute Gasteiger partial charge is 0.284 e. The van der Waals surface area contributed by atoms with Gasteiger partial charge in [-0.05, 0) is 42.3 Å². The summed E-state index contributed by atoms with van der Waals surface area (Å²) in [5.74, 6) is -0.0363. The Bertz CT molecular complexity index is 792. The number of benzene rings is 2. The molecular formula is C21H24N2O2. The SMILES string of the molecule is CN(Cc1ccc2ccccc2c1)CN1C(=O)[C@@H]2CCCC[C@H]2C1=O. The van der Waals surface area contributed by atoms with E-state index in [1.54, 1.807) is 0 Å². The lowest BCUT2D eigenvalue weighted by molar-refractivity contribution is -0.142. The van der Waals surface area contributed by atoms with Crippen molar-refractivity contribution in [1.29, 1.82) is 0 Å². The maximum atomic E-state index is 12.6. The molecule has 2 amide bonds. The Kier molecular flexibility index (Phi) is 4.30. The van der Waals surface area contributed by atoms with E-state index in [4.69, 9.17) is 0 Å². The second kappa shape index (κ2) is 6.60. The van der Waals surface area contributed by atoms with Crippen molar-refractivity contribution in [2.24, 2.45) is 11.8 Å². The summed E-state index contributed by atoms with van der Waals surface area (Å²) < 4.78 is 0. The highest BCUT2D eigenvalue weighted by atomic mass is 16.2. The summed E-state index contributed by atoms with van der Waals surface area (Å²) in [5, 5.41) is 2.44. The number of amides is 2. The molecule has 1 saturated carbocycles. The third kappa shape index (κ3) is 3.07. The first-order chi connectivity index (χ1) is 12.1. The first-order valence-corrected chi connectivity index (χ1v) is 9.15. The Balaban J connectivity index is 1.45. The summed E-state index contributed by atoms with van der Waals surface area (Å²) in [6, 6.07) is 14.7. The molecule has 2 fully saturated rings. The van der Waals surface area contributed by atoms with Crippen LogP contribution >= 0.6 is 0 Å². The van der Waals surface area contributed by atoms with Crippen LogP contribution in [0.4, 0.5) is 0 Å². The fourth-order valence-corrected chi connectivity index (χ4v) is 4.31. The third-order valence-electron chi connectivity index (χ3n) is 5.58. The van der Waals surface area contributed by atoms with Crippen LogP contribution < -0.4 is 0 Å². The molecule has 1 heterocycles. The van der Waals surface area contributed by atoms with Gasteiger partial charge >= 0.3 is 0 Å². The molecule has 4 rings (SSSR count). The summed E-state index contributed by atoms with van der Waals surface area (Å²) in [6.45, 7) is 1.11. The van der Waals surface area contributed by atoms with Crippen molar-refractivity contribution < 1.29 is 9.59 Å². The van der Waals surface area contributed by atoms with Crippen LogP contribution in [-0.2, 0) is 16.1 Å². The number of fused-ring (bicyclic) bond motifs is 2. The van der Waals surface area contributed by atoms with Gasteiger partial charge in [0.2, 0.25) is 11.8 Å². The minimum absolute atomic E-state index is 0.0417. The maximum Gasteiger partial charge on any atom is 0.234 e. The van der Waals surface area contributed by atoms with Crippen LogP contribution in [0, 0.1) is 11.8 Å². The Labute approximate surface area is 148 Å². The maximum absolute atomic E-state index is 12.6. The molecule has 2 aromatic carbocycles. The van der Waals surface area contributed by atoms with Crippen LogP contribution in [0.15, 0.2) is 42.5 Å². The van der Waals surface area contributed by atoms with Crippen LogP contribution in [-0.4, -0.2) is 35.3 Å². The van der Waals surface area contributed by atoms with E-state index < -0.39 is 0 Å². The first kappa shape index (κ1) is 16.3. The zero-order chi connectivity index (χ0) is 17.4. The number of carbonyl (C=O) groups is 2. The summed E-state index contributed by atoms with van der Waals surface area (Å²) in [5.41, 5.74) is 1.19. The molecule has 0 spiro atoms. The van der Waals surface area contributed by atoms with Gasteiger partial charge in [-0.25, -0.2) is 0 Å². The molecule has 25 heavy (non-hydrogen) atoms. The van der Waals surface area contributed by atoms with E-state index in [1.165, 1.54) is 21.2 Å². The van der Waals surface area contributed by atoms with Crippen molar-refractivity contribution in [3.05, 3.63) is 48.0 Å². The van der Waals surface area contributed by atoms with Crippen molar-refractivity contribution in [2.75, 3.05) is 13.7 Å². The van der Waals surface area contributed by atoms with Gasteiger partial charge in [0.15, 0.2) is 0 Å². The van der Waals surface area contributed by atoms with Gasteiger partial charge in [-0.15, -0.1) is 0 Å². The molecule has 2 aliphatic rings. The molecule has 0 aromatic heterocycles. The molecule has 4 heteroatoms. The van der Waals surface area contributed by atoms with E-state index in [9.17, 15) is 9.59 Å². The zero-order valence-electron chi connectivity index (χ0n) is 14.6. The second-order valence-corrected chi connectivity index (χ2v) is 7.44. The molecule has 0 N–H and O–H groups in total. The van der Waals surface area contributed by atoms with Gasteiger partial charge in [0.25, 0.3) is 0 Å². The number of carbonyl (C=O) groups excluding carboxylic acids is 2. The summed E-state index contributed by atoms with van der Waals surface area (Å²) in [7, 11) is 1.97. The molecular weight excluding hydrogens is 312 g/mol. The lowest BCUT2D eigenvalue weighted by Crippen LogP contribution is -2.40. The molecule has 0 bridgehead atoms. The van der Waals surface area contributed by atoms with Crippen LogP contribution in [0.25, 0.3) is 10.8 Å². The number of hydrogen-bond donors (Lipinski definition) is 0. The lowest BCUT2D eigenvalue weighted by Gasteiger charge is -2.23. The third-order valence-corrected chi connectivity index (χ3v) is 5.58. The Morgan fingerprint density at radius 2 is 1.60 bits per heavy atom.